The van der Waals surface area contributed by atoms with Crippen molar-refractivity contribution in [2.45, 2.75) is 6.42 Å². The number of benzene rings is 3. The lowest BCUT2D eigenvalue weighted by Gasteiger charge is -2.22. The van der Waals surface area contributed by atoms with Crippen molar-refractivity contribution in [1.29, 1.82) is 0 Å². The number of carbonyl (C=O) groups excluding carboxylic acids is 1. The zero-order valence-electron chi connectivity index (χ0n) is 13.1. The number of rotatable bonds is 2. The topological polar surface area (TPSA) is 102 Å². The first-order valence-corrected chi connectivity index (χ1v) is 7.68. The van der Waals surface area contributed by atoms with Gasteiger partial charge in [-0.15, -0.1) is 0 Å². The monoisotopic (exact) mass is 334 g/mol. The maximum atomic E-state index is 11.9. The molecule has 1 aliphatic rings. The van der Waals surface area contributed by atoms with Gasteiger partial charge in [0, 0.05) is 12.0 Å². The van der Waals surface area contributed by atoms with Gasteiger partial charge in [0.1, 0.15) is 11.5 Å². The highest BCUT2D eigenvalue weighted by atomic mass is 16.5. The highest BCUT2D eigenvalue weighted by Gasteiger charge is 2.24. The summed E-state index contributed by atoms with van der Waals surface area (Å²) in [5.74, 6) is 4.84. The van der Waals surface area contributed by atoms with E-state index >= 15 is 0 Å². The van der Waals surface area contributed by atoms with Crippen molar-refractivity contribution in [2.24, 2.45) is 5.84 Å². The number of hydrogen-bond acceptors (Lipinski definition) is 4. The third kappa shape index (κ3) is 2.31. The molecule has 6 nitrogen and oxygen atoms in total. The molecule has 25 heavy (non-hydrogen) atoms. The van der Waals surface area contributed by atoms with Crippen LogP contribution in [0.1, 0.15) is 31.8 Å². The number of carbonyl (C=O) groups is 2. The fraction of sp³-hybridized carbons (Fsp3) is 0.0526. The van der Waals surface area contributed by atoms with Crippen molar-refractivity contribution in [2.75, 3.05) is 0 Å². The second kappa shape index (κ2) is 5.61. The van der Waals surface area contributed by atoms with Crippen molar-refractivity contribution in [3.8, 4) is 11.5 Å². The molecule has 0 saturated carbocycles. The van der Waals surface area contributed by atoms with Gasteiger partial charge in [0.05, 0.1) is 11.1 Å². The number of fused-ring (bicyclic) bond motifs is 4. The summed E-state index contributed by atoms with van der Waals surface area (Å²) >= 11 is 0. The van der Waals surface area contributed by atoms with Crippen LogP contribution in [-0.2, 0) is 6.42 Å². The Kier molecular flexibility index (Phi) is 3.40. The number of nitrogen functional groups attached to an aromatic ring is 1. The molecule has 6 heteroatoms. The molecule has 4 N–H and O–H groups in total. The molecule has 0 bridgehead atoms. The summed E-state index contributed by atoms with van der Waals surface area (Å²) in [5.41, 5.74) is 3.88. The molecule has 0 radical (unpaired) electrons. The van der Waals surface area contributed by atoms with Crippen LogP contribution in [0.4, 0.5) is 0 Å². The van der Waals surface area contributed by atoms with Gasteiger partial charge in [-0.05, 0) is 40.6 Å². The van der Waals surface area contributed by atoms with Crippen LogP contribution < -0.4 is 16.0 Å². The van der Waals surface area contributed by atoms with Crippen molar-refractivity contribution >= 4 is 22.6 Å². The summed E-state index contributed by atoms with van der Waals surface area (Å²) < 4.78 is 5.94. The average Bonchev–Trinajstić information content (AvgIpc) is 2.64. The van der Waals surface area contributed by atoms with E-state index in [9.17, 15) is 14.7 Å². The number of para-hydroxylation sites is 1. The Bertz CT molecular complexity index is 1040. The molecule has 0 fully saturated rings. The Labute approximate surface area is 142 Å². The van der Waals surface area contributed by atoms with Crippen molar-refractivity contribution < 1.29 is 19.4 Å². The quantitative estimate of drug-likeness (QED) is 0.297. The Hall–Kier alpha value is -3.38. The molecular formula is C19H14N2O4. The Morgan fingerprint density at radius 2 is 1.76 bits per heavy atom. The fourth-order valence-corrected chi connectivity index (χ4v) is 3.28. The highest BCUT2D eigenvalue weighted by molar-refractivity contribution is 6.14. The first kappa shape index (κ1) is 15.2. The molecule has 3 aromatic carbocycles. The molecule has 0 atom stereocenters. The number of amides is 1. The normalized spacial score (nSPS) is 12.0. The van der Waals surface area contributed by atoms with Gasteiger partial charge >= 0.3 is 5.97 Å². The number of nitrogens with one attached hydrogen (secondary N) is 1. The van der Waals surface area contributed by atoms with Gasteiger partial charge in [-0.1, -0.05) is 24.3 Å². The number of ether oxygens (including phenoxy) is 1. The van der Waals surface area contributed by atoms with Gasteiger partial charge in [-0.2, -0.15) is 0 Å². The first-order valence-electron chi connectivity index (χ1n) is 7.68. The van der Waals surface area contributed by atoms with Crippen molar-refractivity contribution in [1.82, 2.24) is 5.43 Å². The second-order valence-corrected chi connectivity index (χ2v) is 5.79. The molecule has 0 aromatic heterocycles. The number of hydrazine groups is 1. The Morgan fingerprint density at radius 1 is 1.00 bits per heavy atom. The zero-order chi connectivity index (χ0) is 17.6. The third-order valence-corrected chi connectivity index (χ3v) is 4.42. The van der Waals surface area contributed by atoms with Gasteiger partial charge < -0.3 is 9.84 Å². The van der Waals surface area contributed by atoms with E-state index in [1.165, 1.54) is 6.07 Å². The van der Waals surface area contributed by atoms with Crippen LogP contribution in [0, 0.1) is 0 Å². The Morgan fingerprint density at radius 3 is 2.52 bits per heavy atom. The number of aromatic carboxylic acids is 1. The minimum absolute atomic E-state index is 0.0274. The Balaban J connectivity index is 1.97. The number of hydrogen-bond donors (Lipinski definition) is 3. The largest absolute Gasteiger partial charge is 0.478 e. The van der Waals surface area contributed by atoms with Gasteiger partial charge in [0.25, 0.3) is 5.91 Å². The van der Waals surface area contributed by atoms with Crippen LogP contribution in [-0.4, -0.2) is 17.0 Å². The molecule has 124 valence electrons. The van der Waals surface area contributed by atoms with Crippen LogP contribution in [0.3, 0.4) is 0 Å². The fourth-order valence-electron chi connectivity index (χ4n) is 3.28. The van der Waals surface area contributed by atoms with Gasteiger partial charge in [-0.3, -0.25) is 10.2 Å². The summed E-state index contributed by atoms with van der Waals surface area (Å²) in [4.78, 5) is 23.7. The predicted molar refractivity (Wildman–Crippen MR) is 91.9 cm³/mol. The van der Waals surface area contributed by atoms with Crippen molar-refractivity contribution in [3.05, 3.63) is 70.8 Å². The summed E-state index contributed by atoms with van der Waals surface area (Å²) in [7, 11) is 0. The molecule has 1 heterocycles. The van der Waals surface area contributed by atoms with Gasteiger partial charge in [0.2, 0.25) is 0 Å². The summed E-state index contributed by atoms with van der Waals surface area (Å²) in [6.07, 6.45) is 0.629. The average molecular weight is 334 g/mol. The van der Waals surface area contributed by atoms with E-state index in [2.05, 4.69) is 0 Å². The lowest BCUT2D eigenvalue weighted by atomic mass is 9.91. The SMILES string of the molecule is NNC(=O)c1ccc2c3c(ccc2c1C(=O)O)Oc1ccccc1C3. The van der Waals surface area contributed by atoms with E-state index in [0.29, 0.717) is 17.6 Å². The van der Waals surface area contributed by atoms with Crippen LogP contribution in [0.2, 0.25) is 0 Å². The molecule has 1 aliphatic heterocycles. The number of nitrogens with two attached hydrogens (primary N) is 1. The summed E-state index contributed by atoms with van der Waals surface area (Å²) in [5, 5.41) is 10.8. The number of carboxylic acid groups (broad SMARTS) is 1. The lowest BCUT2D eigenvalue weighted by Crippen LogP contribution is -2.31. The summed E-state index contributed by atoms with van der Waals surface area (Å²) in [6, 6.07) is 14.3. The highest BCUT2D eigenvalue weighted by Crippen LogP contribution is 2.41. The van der Waals surface area contributed by atoms with E-state index in [0.717, 1.165) is 22.3 Å². The van der Waals surface area contributed by atoms with Gasteiger partial charge in [-0.25, -0.2) is 10.6 Å². The summed E-state index contributed by atoms with van der Waals surface area (Å²) in [6.45, 7) is 0. The molecule has 0 spiro atoms. The molecule has 3 aromatic rings. The maximum absolute atomic E-state index is 11.9. The van der Waals surface area contributed by atoms with E-state index in [1.54, 1.807) is 18.2 Å². The van der Waals surface area contributed by atoms with E-state index in [4.69, 9.17) is 10.6 Å². The molecule has 0 saturated heterocycles. The zero-order valence-corrected chi connectivity index (χ0v) is 13.1. The van der Waals surface area contributed by atoms with Crippen molar-refractivity contribution in [3.63, 3.8) is 0 Å². The standard InChI is InChI=1S/C19H14N2O4/c20-21-18(22)13-6-5-11-12(17(13)19(23)24)7-8-16-14(11)9-10-3-1-2-4-15(10)25-16/h1-8H,9,20H2,(H,21,22)(H,23,24). The van der Waals surface area contributed by atoms with Gasteiger partial charge in [0.15, 0.2) is 0 Å². The van der Waals surface area contributed by atoms with Crippen LogP contribution in [0.25, 0.3) is 10.8 Å². The predicted octanol–water partition coefficient (Wildman–Crippen LogP) is 2.84. The minimum Gasteiger partial charge on any atom is -0.478 e. The van der Waals surface area contributed by atoms with Crippen LogP contribution in [0.15, 0.2) is 48.5 Å². The van der Waals surface area contributed by atoms with E-state index in [-0.39, 0.29) is 11.1 Å². The minimum atomic E-state index is -1.18. The molecule has 4 rings (SSSR count). The number of carboxylic acids is 1. The molecule has 0 aliphatic carbocycles. The van der Waals surface area contributed by atoms with Crippen LogP contribution in [0.5, 0.6) is 11.5 Å². The third-order valence-electron chi connectivity index (χ3n) is 4.42. The molecular weight excluding hydrogens is 320 g/mol. The van der Waals surface area contributed by atoms with E-state index < -0.39 is 11.9 Å². The van der Waals surface area contributed by atoms with Crippen LogP contribution >= 0.6 is 0 Å². The smallest absolute Gasteiger partial charge is 0.337 e. The first-order chi connectivity index (χ1) is 12.1. The molecule has 0 unspecified atom stereocenters. The maximum Gasteiger partial charge on any atom is 0.337 e. The molecule has 1 amide bonds. The van der Waals surface area contributed by atoms with E-state index in [1.807, 2.05) is 29.7 Å². The lowest BCUT2D eigenvalue weighted by molar-refractivity contribution is 0.0693. The second-order valence-electron chi connectivity index (χ2n) is 5.79.